The lowest BCUT2D eigenvalue weighted by Gasteiger charge is -2.23. The number of nitrogens with one attached hydrogen (secondary N) is 2. The number of quaternary nitrogens is 1. The van der Waals surface area contributed by atoms with E-state index in [4.69, 9.17) is 9.90 Å². The highest BCUT2D eigenvalue weighted by Crippen LogP contribution is 2.38. The number of aromatic nitrogens is 5. The van der Waals surface area contributed by atoms with Gasteiger partial charge >= 0.3 is 12.2 Å². The number of hydrogen-bond acceptors (Lipinski definition) is 7. The molecule has 0 saturated carbocycles. The summed E-state index contributed by atoms with van der Waals surface area (Å²) in [5.41, 5.74) is 3.27. The van der Waals surface area contributed by atoms with Crippen molar-refractivity contribution < 1.29 is 32.3 Å². The van der Waals surface area contributed by atoms with Crippen molar-refractivity contribution in [3.63, 3.8) is 0 Å². The Bertz CT molecular complexity index is 1920. The Balaban J connectivity index is 0.00000160. The van der Waals surface area contributed by atoms with E-state index in [1.807, 2.05) is 0 Å². The van der Waals surface area contributed by atoms with E-state index in [1.165, 1.54) is 10.6 Å². The molecule has 0 aliphatic heterocycles. The zero-order chi connectivity index (χ0) is 34.4. The first-order valence-corrected chi connectivity index (χ1v) is 14.3. The van der Waals surface area contributed by atoms with Crippen molar-refractivity contribution in [1.82, 2.24) is 29.7 Å². The summed E-state index contributed by atoms with van der Waals surface area (Å²) < 4.78 is 45.0. The van der Waals surface area contributed by atoms with Gasteiger partial charge < -0.3 is 19.7 Å². The third-order valence-corrected chi connectivity index (χ3v) is 7.04. The van der Waals surface area contributed by atoms with Crippen molar-refractivity contribution >= 4 is 24.1 Å². The summed E-state index contributed by atoms with van der Waals surface area (Å²) in [6.07, 6.45) is -0.463. The van der Waals surface area contributed by atoms with Crippen molar-refractivity contribution in [3.8, 4) is 34.1 Å². The fourth-order valence-electron chi connectivity index (χ4n) is 4.90. The maximum atomic E-state index is 13.7. The van der Waals surface area contributed by atoms with E-state index < -0.39 is 24.2 Å². The maximum absolute atomic E-state index is 13.7. The molecule has 5 rings (SSSR count). The second-order valence-corrected chi connectivity index (χ2v) is 11.5. The molecule has 2 amide bonds. The van der Waals surface area contributed by atoms with Crippen LogP contribution in [0.3, 0.4) is 0 Å². The predicted molar refractivity (Wildman–Crippen MR) is 166 cm³/mol. The number of anilines is 1. The van der Waals surface area contributed by atoms with Crippen LogP contribution in [-0.4, -0.2) is 75.6 Å². The molecule has 12 nitrogen and oxygen atoms in total. The average Bonchev–Trinajstić information content (AvgIpc) is 3.65. The summed E-state index contributed by atoms with van der Waals surface area (Å²) in [5, 5.41) is 31.8. The quantitative estimate of drug-likeness (QED) is 0.147. The van der Waals surface area contributed by atoms with Gasteiger partial charge in [0.05, 0.1) is 62.5 Å². The minimum Gasteiger partial charge on any atom is -0.554 e. The Hall–Kier alpha value is -5.75. The maximum Gasteiger partial charge on any atom is 0.416 e. The number of fused-ring (bicyclic) bond motifs is 1. The van der Waals surface area contributed by atoms with Gasteiger partial charge in [-0.15, -0.1) is 5.10 Å². The van der Waals surface area contributed by atoms with E-state index in [9.17, 15) is 23.2 Å². The molecule has 47 heavy (non-hydrogen) atoms. The van der Waals surface area contributed by atoms with Crippen LogP contribution >= 0.6 is 0 Å². The Kier molecular flexibility index (Phi) is 10.3. The summed E-state index contributed by atoms with van der Waals surface area (Å²) in [7, 11) is 6.20. The fraction of sp³-hybridized carbons (Fsp3) is 0.250. The molecule has 2 N–H and O–H groups in total. The lowest BCUT2D eigenvalue weighted by molar-refractivity contribution is -0.870. The molecule has 0 bridgehead atoms. The molecule has 0 spiro atoms. The van der Waals surface area contributed by atoms with Gasteiger partial charge in [-0.05, 0) is 60.5 Å². The Morgan fingerprint density at radius 3 is 2.47 bits per heavy atom. The summed E-state index contributed by atoms with van der Waals surface area (Å²) in [4.78, 5) is 25.4. The molecule has 0 atom stereocenters. The number of amides is 2. The number of rotatable bonds is 8. The first-order valence-electron chi connectivity index (χ1n) is 14.3. The van der Waals surface area contributed by atoms with Crippen LogP contribution in [0.15, 0.2) is 67.0 Å². The molecule has 0 radical (unpaired) electrons. The predicted octanol–water partition coefficient (Wildman–Crippen LogP) is 4.03. The van der Waals surface area contributed by atoms with Gasteiger partial charge in [-0.2, -0.15) is 28.5 Å². The highest BCUT2D eigenvalue weighted by atomic mass is 19.4. The van der Waals surface area contributed by atoms with Gasteiger partial charge in [-0.3, -0.25) is 5.32 Å². The van der Waals surface area contributed by atoms with E-state index >= 15 is 0 Å². The number of pyridine rings is 1. The molecule has 0 aliphatic carbocycles. The molecule has 0 unspecified atom stereocenters. The molecule has 0 fully saturated rings. The van der Waals surface area contributed by atoms with E-state index in [1.54, 1.807) is 60.4 Å². The van der Waals surface area contributed by atoms with Crippen LogP contribution < -0.4 is 15.7 Å². The van der Waals surface area contributed by atoms with Gasteiger partial charge in [-0.1, -0.05) is 12.1 Å². The number of nitriles is 1. The number of alkyl halides is 3. The zero-order valence-corrected chi connectivity index (χ0v) is 26.0. The van der Waals surface area contributed by atoms with Gasteiger partial charge in [0.15, 0.2) is 5.65 Å². The van der Waals surface area contributed by atoms with Crippen molar-refractivity contribution in [2.45, 2.75) is 19.5 Å². The lowest BCUT2D eigenvalue weighted by atomic mass is 9.95. The van der Waals surface area contributed by atoms with Crippen LogP contribution in [0.25, 0.3) is 33.7 Å². The lowest BCUT2D eigenvalue weighted by Crippen LogP contribution is -2.38. The van der Waals surface area contributed by atoms with E-state index in [-0.39, 0.29) is 17.2 Å². The SMILES string of the molecule is Cc1c(-c2ccnn2-c2ccc(C#N)cc2)cn2nc(NC(=O)NCCC[N+](C)(C)C)nc2c1-c1cccc(C(F)(F)F)c1.O=C[O-]. The third kappa shape index (κ3) is 8.30. The van der Waals surface area contributed by atoms with Gasteiger partial charge in [0.2, 0.25) is 0 Å². The Morgan fingerprint density at radius 1 is 1.13 bits per heavy atom. The van der Waals surface area contributed by atoms with Crippen LogP contribution in [0.5, 0.6) is 0 Å². The molecule has 3 heterocycles. The van der Waals surface area contributed by atoms with Gasteiger partial charge in [0.25, 0.3) is 5.95 Å². The highest BCUT2D eigenvalue weighted by Gasteiger charge is 2.31. The molecule has 5 aromatic rings. The van der Waals surface area contributed by atoms with E-state index in [0.29, 0.717) is 40.2 Å². The standard InChI is InChI=1S/C31H30F3N9O.CH2O2/c1-20-25(26-13-15-37-42(26)24-11-9-21(18-35)10-12-24)19-41-28(27(20)22-7-5-8-23(17-22)31(32,33)34)38-29(40-41)39-30(44)36-14-6-16-43(2,3)4;2-1-3/h5,7-13,15,17,19H,6,14,16H2,1-4H3,(H-,36,39,40,44);1H,(H,2,3). The minimum absolute atomic E-state index is 0.000483. The van der Waals surface area contributed by atoms with Gasteiger partial charge in [-0.25, -0.2) is 14.0 Å². The number of halogens is 3. The van der Waals surface area contributed by atoms with Crippen molar-refractivity contribution in [2.24, 2.45) is 0 Å². The number of hydrogen-bond donors (Lipinski definition) is 2. The molecular formula is C32H32F3N9O3. The third-order valence-electron chi connectivity index (χ3n) is 7.04. The number of carbonyl (C=O) groups excluding carboxylic acids is 2. The Morgan fingerprint density at radius 2 is 1.83 bits per heavy atom. The first kappa shape index (κ1) is 34.1. The smallest absolute Gasteiger partial charge is 0.416 e. The van der Waals surface area contributed by atoms with Crippen LogP contribution in [0, 0.1) is 18.3 Å². The minimum atomic E-state index is -4.55. The molecule has 15 heteroatoms. The van der Waals surface area contributed by atoms with Crippen molar-refractivity contribution in [3.05, 3.63) is 83.7 Å². The largest absolute Gasteiger partial charge is 0.554 e. The van der Waals surface area contributed by atoms with Crippen LogP contribution in [0.2, 0.25) is 0 Å². The summed E-state index contributed by atoms with van der Waals surface area (Å²) in [5.74, 6) is -0.000483. The molecule has 0 aliphatic rings. The second kappa shape index (κ2) is 14.1. The van der Waals surface area contributed by atoms with Gasteiger partial charge in [0, 0.05) is 36.8 Å². The summed E-state index contributed by atoms with van der Waals surface area (Å²) >= 11 is 0. The highest BCUT2D eigenvalue weighted by molar-refractivity contribution is 5.90. The zero-order valence-electron chi connectivity index (χ0n) is 26.0. The number of benzene rings is 2. The number of carbonyl (C=O) groups is 2. The molecule has 244 valence electrons. The molecule has 2 aromatic carbocycles. The van der Waals surface area contributed by atoms with E-state index in [2.05, 4.69) is 53.0 Å². The average molecular weight is 648 g/mol. The first-order chi connectivity index (χ1) is 22.2. The normalized spacial score (nSPS) is 11.4. The monoisotopic (exact) mass is 647 g/mol. The van der Waals surface area contributed by atoms with Crippen molar-refractivity contribution in [2.75, 3.05) is 39.5 Å². The van der Waals surface area contributed by atoms with Crippen molar-refractivity contribution in [1.29, 1.82) is 5.26 Å². The number of carboxylic acid groups (broad SMARTS) is 1. The van der Waals surface area contributed by atoms with Crippen LogP contribution in [0.4, 0.5) is 23.9 Å². The van der Waals surface area contributed by atoms with E-state index in [0.717, 1.165) is 29.6 Å². The summed E-state index contributed by atoms with van der Waals surface area (Å²) in [6.45, 7) is 2.62. The van der Waals surface area contributed by atoms with Crippen LogP contribution in [0.1, 0.15) is 23.1 Å². The number of urea groups is 1. The summed E-state index contributed by atoms with van der Waals surface area (Å²) in [6, 6.07) is 15.3. The Labute approximate surface area is 268 Å². The fourth-order valence-corrected chi connectivity index (χ4v) is 4.90. The number of nitrogens with zero attached hydrogens (tertiary/aromatic N) is 7. The van der Waals surface area contributed by atoms with Gasteiger partial charge in [0.1, 0.15) is 0 Å². The molecule has 0 saturated heterocycles. The molecule has 3 aromatic heterocycles. The second-order valence-electron chi connectivity index (χ2n) is 11.5. The molecular weight excluding hydrogens is 615 g/mol. The topological polar surface area (TPSA) is 153 Å². The van der Waals surface area contributed by atoms with Crippen LogP contribution in [-0.2, 0) is 11.0 Å².